The maximum absolute atomic E-state index is 12.1. The van der Waals surface area contributed by atoms with Gasteiger partial charge < -0.3 is 4.74 Å². The monoisotopic (exact) mass is 260 g/mol. The van der Waals surface area contributed by atoms with Gasteiger partial charge in [0.05, 0.1) is 11.5 Å². The molecule has 1 fully saturated rings. The lowest BCUT2D eigenvalue weighted by Gasteiger charge is -2.32. The summed E-state index contributed by atoms with van der Waals surface area (Å²) < 4.78 is 5.56. The van der Waals surface area contributed by atoms with Crippen LogP contribution in [0.3, 0.4) is 0 Å². The van der Waals surface area contributed by atoms with Crippen molar-refractivity contribution in [2.45, 2.75) is 39.2 Å². The number of rotatable bonds is 3. The summed E-state index contributed by atoms with van der Waals surface area (Å²) >= 11 is 0. The Morgan fingerprint density at radius 1 is 1.16 bits per heavy atom. The van der Waals surface area contributed by atoms with E-state index in [0.29, 0.717) is 11.5 Å². The second kappa shape index (κ2) is 6.00. The summed E-state index contributed by atoms with van der Waals surface area (Å²) in [4.78, 5) is 23.7. The van der Waals surface area contributed by atoms with Crippen LogP contribution in [-0.4, -0.2) is 17.9 Å². The lowest BCUT2D eigenvalue weighted by molar-refractivity contribution is -0.126. The number of benzene rings is 1. The first-order valence-electron chi connectivity index (χ1n) is 6.84. The van der Waals surface area contributed by atoms with Crippen molar-refractivity contribution in [2.75, 3.05) is 0 Å². The summed E-state index contributed by atoms with van der Waals surface area (Å²) in [5, 5.41) is 0. The molecule has 0 N–H and O–H groups in total. The standard InChI is InChI=1S/C16H20O3/c1-11-8-9-14(12(2)17)15(10-11)19-16(18)13-6-4-3-5-7-13/h3-7,11,14-15H,8-10H2,1-2H3. The number of carbonyl (C=O) groups excluding carboxylic acids is 2. The van der Waals surface area contributed by atoms with Gasteiger partial charge >= 0.3 is 5.97 Å². The molecule has 1 aliphatic carbocycles. The summed E-state index contributed by atoms with van der Waals surface area (Å²) in [5.74, 6) is 0.164. The van der Waals surface area contributed by atoms with Crippen molar-refractivity contribution >= 4 is 11.8 Å². The summed E-state index contributed by atoms with van der Waals surface area (Å²) in [5.41, 5.74) is 0.544. The molecule has 0 radical (unpaired) electrons. The summed E-state index contributed by atoms with van der Waals surface area (Å²) in [6, 6.07) is 8.94. The van der Waals surface area contributed by atoms with E-state index in [-0.39, 0.29) is 23.8 Å². The first-order chi connectivity index (χ1) is 9.08. The Labute approximate surface area is 114 Å². The molecule has 1 saturated carbocycles. The average molecular weight is 260 g/mol. The molecule has 0 aromatic heterocycles. The van der Waals surface area contributed by atoms with E-state index in [0.717, 1.165) is 19.3 Å². The highest BCUT2D eigenvalue weighted by molar-refractivity contribution is 5.89. The predicted molar refractivity (Wildman–Crippen MR) is 72.8 cm³/mol. The van der Waals surface area contributed by atoms with Crippen molar-refractivity contribution in [3.8, 4) is 0 Å². The normalized spacial score (nSPS) is 26.7. The van der Waals surface area contributed by atoms with Gasteiger partial charge in [0.25, 0.3) is 0 Å². The van der Waals surface area contributed by atoms with Crippen molar-refractivity contribution in [3.05, 3.63) is 35.9 Å². The van der Waals surface area contributed by atoms with Gasteiger partial charge in [-0.25, -0.2) is 4.79 Å². The molecule has 19 heavy (non-hydrogen) atoms. The van der Waals surface area contributed by atoms with Crippen molar-refractivity contribution < 1.29 is 14.3 Å². The second-order valence-corrected chi connectivity index (χ2v) is 5.45. The smallest absolute Gasteiger partial charge is 0.338 e. The van der Waals surface area contributed by atoms with Crippen LogP contribution in [0.25, 0.3) is 0 Å². The van der Waals surface area contributed by atoms with Gasteiger partial charge in [-0.3, -0.25) is 4.79 Å². The van der Waals surface area contributed by atoms with E-state index >= 15 is 0 Å². The fourth-order valence-corrected chi connectivity index (χ4v) is 2.70. The molecule has 1 aromatic rings. The number of carbonyl (C=O) groups is 2. The van der Waals surface area contributed by atoms with E-state index in [1.807, 2.05) is 18.2 Å². The largest absolute Gasteiger partial charge is 0.458 e. The summed E-state index contributed by atoms with van der Waals surface area (Å²) in [6.45, 7) is 3.73. The van der Waals surface area contributed by atoms with Crippen molar-refractivity contribution in [1.29, 1.82) is 0 Å². The highest BCUT2D eigenvalue weighted by Crippen LogP contribution is 2.32. The number of esters is 1. The van der Waals surface area contributed by atoms with Crippen LogP contribution in [0.2, 0.25) is 0 Å². The lowest BCUT2D eigenvalue weighted by Crippen LogP contribution is -2.36. The number of Topliss-reactive ketones (excluding diaryl/α,β-unsaturated/α-hetero) is 1. The van der Waals surface area contributed by atoms with E-state index < -0.39 is 0 Å². The summed E-state index contributed by atoms with van der Waals surface area (Å²) in [7, 11) is 0. The predicted octanol–water partition coefficient (Wildman–Crippen LogP) is 3.24. The van der Waals surface area contributed by atoms with Gasteiger partial charge in [0.15, 0.2) is 0 Å². The first kappa shape index (κ1) is 13.8. The molecular formula is C16H20O3. The number of hydrogen-bond acceptors (Lipinski definition) is 3. The van der Waals surface area contributed by atoms with E-state index in [4.69, 9.17) is 4.74 Å². The molecule has 1 aromatic carbocycles. The van der Waals surface area contributed by atoms with Crippen LogP contribution in [0.4, 0.5) is 0 Å². The molecule has 0 heterocycles. The number of ketones is 1. The van der Waals surface area contributed by atoms with Gasteiger partial charge in [-0.2, -0.15) is 0 Å². The number of ether oxygens (including phenoxy) is 1. The van der Waals surface area contributed by atoms with Crippen molar-refractivity contribution in [2.24, 2.45) is 11.8 Å². The van der Waals surface area contributed by atoms with Crippen LogP contribution < -0.4 is 0 Å². The third-order valence-corrected chi connectivity index (χ3v) is 3.84. The van der Waals surface area contributed by atoms with Crippen LogP contribution in [0.5, 0.6) is 0 Å². The van der Waals surface area contributed by atoms with Gasteiger partial charge in [0.2, 0.25) is 0 Å². The fourth-order valence-electron chi connectivity index (χ4n) is 2.70. The minimum Gasteiger partial charge on any atom is -0.458 e. The summed E-state index contributed by atoms with van der Waals surface area (Å²) in [6.07, 6.45) is 2.37. The van der Waals surface area contributed by atoms with Crippen LogP contribution in [0.15, 0.2) is 30.3 Å². The quantitative estimate of drug-likeness (QED) is 0.784. The zero-order valence-corrected chi connectivity index (χ0v) is 11.5. The van der Waals surface area contributed by atoms with E-state index in [1.165, 1.54) is 0 Å². The molecule has 0 saturated heterocycles. The minimum atomic E-state index is -0.328. The maximum Gasteiger partial charge on any atom is 0.338 e. The Hall–Kier alpha value is -1.64. The van der Waals surface area contributed by atoms with Gasteiger partial charge in [-0.05, 0) is 44.2 Å². The highest BCUT2D eigenvalue weighted by atomic mass is 16.5. The molecule has 2 rings (SSSR count). The van der Waals surface area contributed by atoms with E-state index in [9.17, 15) is 9.59 Å². The number of hydrogen-bond donors (Lipinski definition) is 0. The van der Waals surface area contributed by atoms with E-state index in [2.05, 4.69) is 6.92 Å². The molecule has 3 heteroatoms. The fraction of sp³-hybridized carbons (Fsp3) is 0.500. The zero-order chi connectivity index (χ0) is 13.8. The Morgan fingerprint density at radius 3 is 2.47 bits per heavy atom. The Morgan fingerprint density at radius 2 is 1.84 bits per heavy atom. The van der Waals surface area contributed by atoms with Gasteiger partial charge in [0, 0.05) is 0 Å². The molecule has 3 atom stereocenters. The third kappa shape index (κ3) is 3.43. The third-order valence-electron chi connectivity index (χ3n) is 3.84. The Balaban J connectivity index is 2.07. The molecule has 3 nitrogen and oxygen atoms in total. The van der Waals surface area contributed by atoms with Crippen molar-refractivity contribution in [1.82, 2.24) is 0 Å². The zero-order valence-electron chi connectivity index (χ0n) is 11.5. The van der Waals surface area contributed by atoms with Gasteiger partial charge in [-0.15, -0.1) is 0 Å². The SMILES string of the molecule is CC(=O)C1CCC(C)CC1OC(=O)c1ccccc1. The second-order valence-electron chi connectivity index (χ2n) is 5.45. The van der Waals surface area contributed by atoms with Crippen molar-refractivity contribution in [3.63, 3.8) is 0 Å². The maximum atomic E-state index is 12.1. The molecule has 0 spiro atoms. The first-order valence-corrected chi connectivity index (χ1v) is 6.84. The molecule has 1 aliphatic rings. The van der Waals surface area contributed by atoms with Crippen LogP contribution in [-0.2, 0) is 9.53 Å². The molecule has 0 amide bonds. The Kier molecular flexibility index (Phi) is 4.35. The average Bonchev–Trinajstić information content (AvgIpc) is 2.39. The lowest BCUT2D eigenvalue weighted by atomic mass is 9.79. The molecule has 102 valence electrons. The topological polar surface area (TPSA) is 43.4 Å². The van der Waals surface area contributed by atoms with Gasteiger partial charge in [-0.1, -0.05) is 25.1 Å². The molecule has 0 aliphatic heterocycles. The van der Waals surface area contributed by atoms with Crippen LogP contribution in [0, 0.1) is 11.8 Å². The molecule has 0 bridgehead atoms. The molecular weight excluding hydrogens is 240 g/mol. The Bertz CT molecular complexity index is 452. The highest BCUT2D eigenvalue weighted by Gasteiger charge is 2.34. The van der Waals surface area contributed by atoms with Crippen LogP contribution >= 0.6 is 0 Å². The van der Waals surface area contributed by atoms with Gasteiger partial charge in [0.1, 0.15) is 11.9 Å². The molecule has 3 unspecified atom stereocenters. The minimum absolute atomic E-state index is 0.123. The van der Waals surface area contributed by atoms with Crippen LogP contribution in [0.1, 0.15) is 43.5 Å². The van der Waals surface area contributed by atoms with E-state index in [1.54, 1.807) is 19.1 Å².